The third-order valence-corrected chi connectivity index (χ3v) is 4.92. The van der Waals surface area contributed by atoms with Crippen molar-refractivity contribution >= 4 is 16.0 Å². The lowest BCUT2D eigenvalue weighted by atomic mass is 10.0. The SMILES string of the molecule is CC(C)(CCC(=O)O)NS(=O)(=O)c1cccc2c1OCCO2. The van der Waals surface area contributed by atoms with Gasteiger partial charge in [-0.2, -0.15) is 0 Å². The molecule has 0 fully saturated rings. The molecule has 0 bridgehead atoms. The van der Waals surface area contributed by atoms with Crippen LogP contribution in [0.2, 0.25) is 0 Å². The molecular weight excluding hydrogens is 310 g/mol. The van der Waals surface area contributed by atoms with Gasteiger partial charge in [0.15, 0.2) is 11.5 Å². The average molecular weight is 329 g/mol. The zero-order valence-electron chi connectivity index (χ0n) is 12.5. The molecule has 0 amide bonds. The van der Waals surface area contributed by atoms with Crippen LogP contribution in [0.1, 0.15) is 26.7 Å². The van der Waals surface area contributed by atoms with Gasteiger partial charge in [0.2, 0.25) is 10.0 Å². The number of carbonyl (C=O) groups is 1. The van der Waals surface area contributed by atoms with Gasteiger partial charge in [-0.15, -0.1) is 0 Å². The van der Waals surface area contributed by atoms with E-state index in [-0.39, 0.29) is 30.1 Å². The molecule has 7 nitrogen and oxygen atoms in total. The molecule has 0 saturated heterocycles. The Morgan fingerprint density at radius 3 is 2.68 bits per heavy atom. The largest absolute Gasteiger partial charge is 0.486 e. The van der Waals surface area contributed by atoms with Crippen LogP contribution >= 0.6 is 0 Å². The summed E-state index contributed by atoms with van der Waals surface area (Å²) >= 11 is 0. The molecule has 122 valence electrons. The molecule has 8 heteroatoms. The van der Waals surface area contributed by atoms with E-state index in [2.05, 4.69) is 4.72 Å². The lowest BCUT2D eigenvalue weighted by molar-refractivity contribution is -0.137. The van der Waals surface area contributed by atoms with Gasteiger partial charge >= 0.3 is 5.97 Å². The van der Waals surface area contributed by atoms with Gasteiger partial charge in [0, 0.05) is 12.0 Å². The lowest BCUT2D eigenvalue weighted by Crippen LogP contribution is -2.43. The summed E-state index contributed by atoms with van der Waals surface area (Å²) in [5.74, 6) is -0.395. The number of nitrogens with one attached hydrogen (secondary N) is 1. The van der Waals surface area contributed by atoms with Crippen molar-refractivity contribution in [1.29, 1.82) is 0 Å². The zero-order chi connectivity index (χ0) is 16.4. The third kappa shape index (κ3) is 3.89. The topological polar surface area (TPSA) is 102 Å². The van der Waals surface area contributed by atoms with Crippen LogP contribution in [0.15, 0.2) is 23.1 Å². The number of rotatable bonds is 6. The fraction of sp³-hybridized carbons (Fsp3) is 0.500. The summed E-state index contributed by atoms with van der Waals surface area (Å²) in [6.45, 7) is 3.93. The van der Waals surface area contributed by atoms with Crippen molar-refractivity contribution in [3.63, 3.8) is 0 Å². The number of benzene rings is 1. The summed E-state index contributed by atoms with van der Waals surface area (Å²) in [7, 11) is -3.86. The second kappa shape index (κ2) is 6.13. The number of hydrogen-bond donors (Lipinski definition) is 2. The minimum atomic E-state index is -3.86. The van der Waals surface area contributed by atoms with Gasteiger partial charge in [-0.05, 0) is 32.4 Å². The summed E-state index contributed by atoms with van der Waals surface area (Å²) < 4.78 is 38.5. The Labute approximate surface area is 129 Å². The first-order valence-electron chi connectivity index (χ1n) is 6.86. The van der Waals surface area contributed by atoms with E-state index in [1.165, 1.54) is 6.07 Å². The third-order valence-electron chi connectivity index (χ3n) is 3.19. The second-order valence-electron chi connectivity index (χ2n) is 5.66. The normalized spacial score (nSPS) is 14.6. The number of hydrogen-bond acceptors (Lipinski definition) is 5. The number of carboxylic acids is 1. The van der Waals surface area contributed by atoms with E-state index in [9.17, 15) is 13.2 Å². The Hall–Kier alpha value is -1.80. The van der Waals surface area contributed by atoms with Crippen molar-refractivity contribution in [2.75, 3.05) is 13.2 Å². The quantitative estimate of drug-likeness (QED) is 0.817. The number of fused-ring (bicyclic) bond motifs is 1. The van der Waals surface area contributed by atoms with E-state index in [1.54, 1.807) is 26.0 Å². The Morgan fingerprint density at radius 1 is 1.32 bits per heavy atom. The lowest BCUT2D eigenvalue weighted by Gasteiger charge is -2.27. The van der Waals surface area contributed by atoms with E-state index in [0.717, 1.165) is 0 Å². The minimum absolute atomic E-state index is 0.00639. The van der Waals surface area contributed by atoms with Crippen LogP contribution in [0.5, 0.6) is 11.5 Å². The monoisotopic (exact) mass is 329 g/mol. The summed E-state index contributed by atoms with van der Waals surface area (Å²) in [6, 6.07) is 4.65. The average Bonchev–Trinajstić information content (AvgIpc) is 2.43. The Kier molecular flexibility index (Phi) is 4.62. The molecule has 1 aliphatic rings. The van der Waals surface area contributed by atoms with E-state index in [0.29, 0.717) is 12.4 Å². The maximum Gasteiger partial charge on any atom is 0.303 e. The summed E-state index contributed by atoms with van der Waals surface area (Å²) in [5.41, 5.74) is -0.893. The van der Waals surface area contributed by atoms with Crippen LogP contribution in [0.4, 0.5) is 0 Å². The first-order chi connectivity index (χ1) is 10.2. The van der Waals surface area contributed by atoms with Crippen LogP contribution in [-0.2, 0) is 14.8 Å². The molecule has 0 aliphatic carbocycles. The van der Waals surface area contributed by atoms with Crippen molar-refractivity contribution in [1.82, 2.24) is 4.72 Å². The second-order valence-corrected chi connectivity index (χ2v) is 7.31. The van der Waals surface area contributed by atoms with Gasteiger partial charge in [-0.25, -0.2) is 13.1 Å². The fourth-order valence-electron chi connectivity index (χ4n) is 2.15. The van der Waals surface area contributed by atoms with Gasteiger partial charge < -0.3 is 14.6 Å². The molecular formula is C14H19NO6S. The van der Waals surface area contributed by atoms with Crippen molar-refractivity contribution in [2.45, 2.75) is 37.1 Å². The molecule has 0 atom stereocenters. The molecule has 1 heterocycles. The Morgan fingerprint density at radius 2 is 2.00 bits per heavy atom. The van der Waals surface area contributed by atoms with E-state index >= 15 is 0 Å². The van der Waals surface area contributed by atoms with Crippen molar-refractivity contribution in [3.8, 4) is 11.5 Å². The number of ether oxygens (including phenoxy) is 2. The van der Waals surface area contributed by atoms with Crippen LogP contribution in [0, 0.1) is 0 Å². The molecule has 1 aromatic rings. The molecule has 1 aliphatic heterocycles. The maximum absolute atomic E-state index is 12.6. The Balaban J connectivity index is 2.26. The molecule has 1 aromatic carbocycles. The number of carboxylic acid groups (broad SMARTS) is 1. The molecule has 0 unspecified atom stereocenters. The van der Waals surface area contributed by atoms with Crippen LogP contribution < -0.4 is 14.2 Å². The Bertz CT molecular complexity index is 668. The highest BCUT2D eigenvalue weighted by atomic mass is 32.2. The number of para-hydroxylation sites is 1. The van der Waals surface area contributed by atoms with Crippen molar-refractivity contribution in [3.05, 3.63) is 18.2 Å². The van der Waals surface area contributed by atoms with Crippen LogP contribution in [0.25, 0.3) is 0 Å². The molecule has 2 rings (SSSR count). The predicted molar refractivity (Wildman–Crippen MR) is 78.7 cm³/mol. The molecule has 0 spiro atoms. The summed E-state index contributed by atoms with van der Waals surface area (Å²) in [6.07, 6.45) is 0.0516. The van der Waals surface area contributed by atoms with Gasteiger partial charge in [0.05, 0.1) is 0 Å². The van der Waals surface area contributed by atoms with Crippen LogP contribution in [0.3, 0.4) is 0 Å². The highest BCUT2D eigenvalue weighted by Crippen LogP contribution is 2.36. The highest BCUT2D eigenvalue weighted by molar-refractivity contribution is 7.89. The van der Waals surface area contributed by atoms with E-state index in [4.69, 9.17) is 14.6 Å². The van der Waals surface area contributed by atoms with Crippen molar-refractivity contribution in [2.24, 2.45) is 0 Å². The molecule has 2 N–H and O–H groups in total. The van der Waals surface area contributed by atoms with Crippen LogP contribution in [-0.4, -0.2) is 38.2 Å². The minimum Gasteiger partial charge on any atom is -0.486 e. The fourth-order valence-corrected chi connectivity index (χ4v) is 3.75. The zero-order valence-corrected chi connectivity index (χ0v) is 13.3. The van der Waals surface area contributed by atoms with Gasteiger partial charge in [0.25, 0.3) is 0 Å². The molecule has 0 saturated carbocycles. The predicted octanol–water partition coefficient (Wildman–Crippen LogP) is 1.38. The summed E-state index contributed by atoms with van der Waals surface area (Å²) in [5, 5.41) is 8.74. The first kappa shape index (κ1) is 16.6. The molecule has 0 radical (unpaired) electrons. The highest BCUT2D eigenvalue weighted by Gasteiger charge is 2.31. The van der Waals surface area contributed by atoms with Crippen molar-refractivity contribution < 1.29 is 27.8 Å². The standard InChI is InChI=1S/C14H19NO6S/c1-14(2,7-6-12(16)17)15-22(18,19)11-5-3-4-10-13(11)21-9-8-20-10/h3-5,15H,6-9H2,1-2H3,(H,16,17). The maximum atomic E-state index is 12.6. The summed E-state index contributed by atoms with van der Waals surface area (Å²) in [4.78, 5) is 10.7. The number of aliphatic carboxylic acids is 1. The molecule has 0 aromatic heterocycles. The molecule has 22 heavy (non-hydrogen) atoms. The number of sulfonamides is 1. The first-order valence-corrected chi connectivity index (χ1v) is 8.34. The van der Waals surface area contributed by atoms with E-state index in [1.807, 2.05) is 0 Å². The van der Waals surface area contributed by atoms with Gasteiger partial charge in [-0.1, -0.05) is 6.07 Å². The van der Waals surface area contributed by atoms with E-state index < -0.39 is 21.5 Å². The van der Waals surface area contributed by atoms with Gasteiger partial charge in [-0.3, -0.25) is 4.79 Å². The van der Waals surface area contributed by atoms with Gasteiger partial charge in [0.1, 0.15) is 18.1 Å². The smallest absolute Gasteiger partial charge is 0.303 e.